The van der Waals surface area contributed by atoms with Crippen LogP contribution < -0.4 is 22.1 Å². The van der Waals surface area contributed by atoms with E-state index >= 15 is 0 Å². The van der Waals surface area contributed by atoms with Crippen LogP contribution in [0.4, 0.5) is 18.9 Å². The smallest absolute Gasteiger partial charge is 0.399 e. The lowest BCUT2D eigenvalue weighted by molar-refractivity contribution is -0.138. The second-order valence-corrected chi connectivity index (χ2v) is 7.71. The lowest BCUT2D eigenvalue weighted by Crippen LogP contribution is -2.44. The molecule has 2 atom stereocenters. The number of anilines is 1. The first kappa shape index (κ1) is 30.2. The maximum absolute atomic E-state index is 13.3. The van der Waals surface area contributed by atoms with Gasteiger partial charge in [-0.2, -0.15) is 13.2 Å². The minimum absolute atomic E-state index is 0.168. The molecule has 0 aliphatic carbocycles. The summed E-state index contributed by atoms with van der Waals surface area (Å²) in [5.41, 5.74) is 13.1. The molecular formula is C27H40F3N5. The molecule has 0 amide bonds. The third kappa shape index (κ3) is 8.72. The second kappa shape index (κ2) is 15.2. The standard InChI is InChI=1S/C17H18F3N3.C8H16N2.C2H6/c1-21-15-12-8-4-6-10-14(12)22-16(23(15)2)11-7-3-5-9-13(11)17(18,19)20;1-2-3-5-8(10)6-4-7-9;1-2/h3-10,15-16,21-22H,1-2H3;4-6H,2-3,7,9-10H2,1H3;1-2H3/b;6-4-,8-5-;. The van der Waals surface area contributed by atoms with Crippen LogP contribution in [0.3, 0.4) is 0 Å². The molecule has 0 saturated carbocycles. The number of hydrogen-bond donors (Lipinski definition) is 4. The van der Waals surface area contributed by atoms with Crippen LogP contribution in [0.5, 0.6) is 0 Å². The number of unbranched alkanes of at least 4 members (excludes halogenated alkanes) is 1. The van der Waals surface area contributed by atoms with Crippen molar-refractivity contribution in [2.75, 3.05) is 26.0 Å². The zero-order valence-electron chi connectivity index (χ0n) is 21.4. The molecule has 0 radical (unpaired) electrons. The van der Waals surface area contributed by atoms with E-state index in [2.05, 4.69) is 17.6 Å². The van der Waals surface area contributed by atoms with Crippen molar-refractivity contribution in [3.8, 4) is 0 Å². The molecule has 1 aliphatic heterocycles. The van der Waals surface area contributed by atoms with Gasteiger partial charge in [-0.25, -0.2) is 0 Å². The van der Waals surface area contributed by atoms with Gasteiger partial charge in [0.15, 0.2) is 0 Å². The number of allylic oxidation sites excluding steroid dienone is 2. The van der Waals surface area contributed by atoms with E-state index < -0.39 is 17.9 Å². The Bertz CT molecular complexity index is 940. The van der Waals surface area contributed by atoms with Gasteiger partial charge in [-0.1, -0.05) is 75.7 Å². The first-order valence-corrected chi connectivity index (χ1v) is 12.0. The highest BCUT2D eigenvalue weighted by atomic mass is 19.4. The van der Waals surface area contributed by atoms with Gasteiger partial charge in [0.1, 0.15) is 6.17 Å². The van der Waals surface area contributed by atoms with Gasteiger partial charge in [-0.15, -0.1) is 0 Å². The molecule has 1 heterocycles. The van der Waals surface area contributed by atoms with Crippen molar-refractivity contribution in [1.29, 1.82) is 0 Å². The Morgan fingerprint density at radius 2 is 1.69 bits per heavy atom. The molecule has 8 heteroatoms. The van der Waals surface area contributed by atoms with E-state index in [0.717, 1.165) is 35.9 Å². The average Bonchev–Trinajstić information content (AvgIpc) is 2.87. The van der Waals surface area contributed by atoms with Crippen LogP contribution in [0.2, 0.25) is 0 Å². The van der Waals surface area contributed by atoms with Crippen molar-refractivity contribution in [3.05, 3.63) is 89.1 Å². The summed E-state index contributed by atoms with van der Waals surface area (Å²) in [5, 5.41) is 6.40. The highest BCUT2D eigenvalue weighted by molar-refractivity contribution is 5.56. The molecule has 2 unspecified atom stereocenters. The SMILES string of the molecule is CC.CCC/C=C(N)/C=C\CN.CNC1c2ccccc2NC(c2ccccc2C(F)(F)F)N1C. The largest absolute Gasteiger partial charge is 0.416 e. The van der Waals surface area contributed by atoms with Gasteiger partial charge in [-0.05, 0) is 38.7 Å². The molecule has 35 heavy (non-hydrogen) atoms. The van der Waals surface area contributed by atoms with Gasteiger partial charge < -0.3 is 22.1 Å². The predicted octanol–water partition coefficient (Wildman–Crippen LogP) is 6.15. The molecule has 1 aliphatic rings. The lowest BCUT2D eigenvalue weighted by Gasteiger charge is -2.42. The van der Waals surface area contributed by atoms with Crippen molar-refractivity contribution < 1.29 is 13.2 Å². The third-order valence-electron chi connectivity index (χ3n) is 5.31. The summed E-state index contributed by atoms with van der Waals surface area (Å²) in [6, 6.07) is 13.3. The van der Waals surface area contributed by atoms with Gasteiger partial charge in [-0.3, -0.25) is 4.90 Å². The number of nitrogens with one attached hydrogen (secondary N) is 2. The van der Waals surface area contributed by atoms with Crippen molar-refractivity contribution in [3.63, 3.8) is 0 Å². The van der Waals surface area contributed by atoms with E-state index in [1.807, 2.05) is 68.3 Å². The molecule has 5 nitrogen and oxygen atoms in total. The molecule has 0 fully saturated rings. The molecule has 2 aromatic rings. The Hall–Kier alpha value is -2.81. The van der Waals surface area contributed by atoms with Crippen LogP contribution in [-0.2, 0) is 6.18 Å². The maximum Gasteiger partial charge on any atom is 0.416 e. The molecule has 6 N–H and O–H groups in total. The van der Waals surface area contributed by atoms with E-state index in [-0.39, 0.29) is 11.7 Å². The number of hydrogen-bond acceptors (Lipinski definition) is 5. The van der Waals surface area contributed by atoms with Crippen molar-refractivity contribution in [2.45, 2.75) is 52.1 Å². The monoisotopic (exact) mass is 491 g/mol. The van der Waals surface area contributed by atoms with Crippen molar-refractivity contribution in [1.82, 2.24) is 10.2 Å². The second-order valence-electron chi connectivity index (χ2n) is 7.71. The van der Waals surface area contributed by atoms with Crippen LogP contribution >= 0.6 is 0 Å². The molecular weight excluding hydrogens is 451 g/mol. The molecule has 0 saturated heterocycles. The first-order chi connectivity index (χ1) is 16.7. The van der Waals surface area contributed by atoms with Gasteiger partial charge >= 0.3 is 6.18 Å². The molecule has 194 valence electrons. The van der Waals surface area contributed by atoms with Gasteiger partial charge in [0, 0.05) is 29.1 Å². The van der Waals surface area contributed by atoms with Gasteiger partial charge in [0.2, 0.25) is 0 Å². The Kier molecular flexibility index (Phi) is 13.2. The Morgan fingerprint density at radius 3 is 2.26 bits per heavy atom. The zero-order valence-corrected chi connectivity index (χ0v) is 21.4. The van der Waals surface area contributed by atoms with Crippen LogP contribution in [0, 0.1) is 0 Å². The van der Waals surface area contributed by atoms with Crippen LogP contribution in [0.25, 0.3) is 0 Å². The molecule has 0 aromatic heterocycles. The number of rotatable bonds is 6. The summed E-state index contributed by atoms with van der Waals surface area (Å²) >= 11 is 0. The fraction of sp³-hybridized carbons (Fsp3) is 0.407. The molecule has 2 aromatic carbocycles. The fourth-order valence-corrected chi connectivity index (χ4v) is 3.72. The number of para-hydroxylation sites is 1. The summed E-state index contributed by atoms with van der Waals surface area (Å²) < 4.78 is 40.0. The summed E-state index contributed by atoms with van der Waals surface area (Å²) in [7, 11) is 3.61. The molecule has 0 bridgehead atoms. The van der Waals surface area contributed by atoms with E-state index in [1.165, 1.54) is 12.1 Å². The zero-order chi connectivity index (χ0) is 26.4. The third-order valence-corrected chi connectivity index (χ3v) is 5.31. The van der Waals surface area contributed by atoms with E-state index in [4.69, 9.17) is 11.5 Å². The fourth-order valence-electron chi connectivity index (χ4n) is 3.72. The summed E-state index contributed by atoms with van der Waals surface area (Å²) in [6.45, 7) is 6.68. The van der Waals surface area contributed by atoms with Crippen molar-refractivity contribution in [2.24, 2.45) is 11.5 Å². The highest BCUT2D eigenvalue weighted by Gasteiger charge is 2.39. The molecule has 3 rings (SSSR count). The van der Waals surface area contributed by atoms with Gasteiger partial charge in [0.25, 0.3) is 0 Å². The van der Waals surface area contributed by atoms with E-state index in [9.17, 15) is 13.2 Å². The van der Waals surface area contributed by atoms with Crippen LogP contribution in [-0.4, -0.2) is 25.5 Å². The quantitative estimate of drug-likeness (QED) is 0.365. The number of nitrogens with zero attached hydrogens (tertiary/aromatic N) is 1. The van der Waals surface area contributed by atoms with Crippen LogP contribution in [0.1, 0.15) is 62.6 Å². The normalized spacial score (nSPS) is 18.0. The minimum atomic E-state index is -4.38. The Labute approximate surface area is 208 Å². The number of benzene rings is 2. The number of halogens is 3. The number of fused-ring (bicyclic) bond motifs is 1. The molecule has 0 spiro atoms. The topological polar surface area (TPSA) is 79.3 Å². The van der Waals surface area contributed by atoms with Crippen LogP contribution in [0.15, 0.2) is 72.5 Å². The Morgan fingerprint density at radius 1 is 1.09 bits per heavy atom. The average molecular weight is 492 g/mol. The van der Waals surface area contributed by atoms with Gasteiger partial charge in [0.05, 0.1) is 11.7 Å². The highest BCUT2D eigenvalue weighted by Crippen LogP contribution is 2.42. The lowest BCUT2D eigenvalue weighted by atomic mass is 9.98. The summed E-state index contributed by atoms with van der Waals surface area (Å²) in [6.07, 6.45) is 2.76. The summed E-state index contributed by atoms with van der Waals surface area (Å²) in [5.74, 6) is 0. The Balaban J connectivity index is 0.000000433. The maximum atomic E-state index is 13.3. The predicted molar refractivity (Wildman–Crippen MR) is 141 cm³/mol. The summed E-state index contributed by atoms with van der Waals surface area (Å²) in [4.78, 5) is 1.87. The first-order valence-electron chi connectivity index (χ1n) is 12.0. The van der Waals surface area contributed by atoms with Crippen molar-refractivity contribution >= 4 is 5.69 Å². The number of nitrogens with two attached hydrogens (primary N) is 2. The van der Waals surface area contributed by atoms with E-state index in [1.54, 1.807) is 13.1 Å². The minimum Gasteiger partial charge on any atom is -0.399 e. The van der Waals surface area contributed by atoms with E-state index in [0.29, 0.717) is 6.54 Å². The number of alkyl halides is 3.